The molecule has 100 valence electrons. The Morgan fingerprint density at radius 1 is 1.22 bits per heavy atom. The summed E-state index contributed by atoms with van der Waals surface area (Å²) in [5, 5.41) is 3.02. The van der Waals surface area contributed by atoms with E-state index in [0.29, 0.717) is 23.6 Å². The maximum absolute atomic E-state index is 12.1. The van der Waals surface area contributed by atoms with Crippen LogP contribution < -0.4 is 14.8 Å². The number of methoxy groups -OCH3 is 2. The number of likely N-dealkylation sites (N-methyl/N-ethyl adjacent to an activating group) is 1. The van der Waals surface area contributed by atoms with Crippen molar-refractivity contribution in [3.05, 3.63) is 22.8 Å². The molecular weight excluding hydrogens is 230 g/mol. The molecule has 0 bridgehead atoms. The summed E-state index contributed by atoms with van der Waals surface area (Å²) in [6.45, 7) is 6.91. The molecule has 0 atom stereocenters. The van der Waals surface area contributed by atoms with Crippen LogP contribution in [0.5, 0.6) is 11.5 Å². The predicted molar refractivity (Wildman–Crippen MR) is 71.9 cm³/mol. The van der Waals surface area contributed by atoms with Crippen LogP contribution in [0, 0.1) is 13.8 Å². The number of carbonyl (C=O) groups excluding carboxylic acids is 1. The van der Waals surface area contributed by atoms with Crippen molar-refractivity contribution in [3.8, 4) is 11.5 Å². The van der Waals surface area contributed by atoms with Gasteiger partial charge in [0.15, 0.2) is 5.78 Å². The Labute approximate surface area is 108 Å². The van der Waals surface area contributed by atoms with Crippen LogP contribution in [0.15, 0.2) is 6.07 Å². The van der Waals surface area contributed by atoms with Gasteiger partial charge in [0, 0.05) is 0 Å². The lowest BCUT2D eigenvalue weighted by Gasteiger charge is -2.16. The number of nitrogens with one attached hydrogen (secondary N) is 1. The Bertz CT molecular complexity index is 441. The van der Waals surface area contributed by atoms with Crippen LogP contribution >= 0.6 is 0 Å². The summed E-state index contributed by atoms with van der Waals surface area (Å²) in [7, 11) is 3.19. The summed E-state index contributed by atoms with van der Waals surface area (Å²) in [6.07, 6.45) is 0. The van der Waals surface area contributed by atoms with Crippen molar-refractivity contribution >= 4 is 5.78 Å². The number of rotatable bonds is 6. The molecule has 0 amide bonds. The highest BCUT2D eigenvalue weighted by molar-refractivity contribution is 6.01. The number of hydrogen-bond acceptors (Lipinski definition) is 4. The molecule has 1 aromatic carbocycles. The van der Waals surface area contributed by atoms with Crippen molar-refractivity contribution in [2.45, 2.75) is 20.8 Å². The molecule has 1 rings (SSSR count). The Hall–Kier alpha value is -1.55. The van der Waals surface area contributed by atoms with Crippen LogP contribution in [0.4, 0.5) is 0 Å². The minimum Gasteiger partial charge on any atom is -0.496 e. The smallest absolute Gasteiger partial charge is 0.180 e. The zero-order chi connectivity index (χ0) is 13.7. The first-order valence-electron chi connectivity index (χ1n) is 6.02. The van der Waals surface area contributed by atoms with Gasteiger partial charge in [-0.3, -0.25) is 4.79 Å². The summed E-state index contributed by atoms with van der Waals surface area (Å²) in [6, 6.07) is 1.75. The molecule has 0 saturated carbocycles. The molecule has 0 aliphatic carbocycles. The summed E-state index contributed by atoms with van der Waals surface area (Å²) in [5.74, 6) is 1.36. The van der Waals surface area contributed by atoms with Crippen LogP contribution in [-0.4, -0.2) is 33.1 Å². The van der Waals surface area contributed by atoms with E-state index in [1.807, 2.05) is 20.8 Å². The van der Waals surface area contributed by atoms with Crippen molar-refractivity contribution in [1.29, 1.82) is 0 Å². The maximum Gasteiger partial charge on any atom is 0.180 e. The third-order valence-electron chi connectivity index (χ3n) is 3.05. The molecule has 0 aromatic heterocycles. The second-order valence-electron chi connectivity index (χ2n) is 4.11. The van der Waals surface area contributed by atoms with Gasteiger partial charge < -0.3 is 14.8 Å². The van der Waals surface area contributed by atoms with Gasteiger partial charge in [0.05, 0.1) is 26.3 Å². The van der Waals surface area contributed by atoms with E-state index < -0.39 is 0 Å². The largest absolute Gasteiger partial charge is 0.496 e. The Morgan fingerprint density at radius 3 is 2.39 bits per heavy atom. The van der Waals surface area contributed by atoms with Crippen molar-refractivity contribution in [1.82, 2.24) is 5.32 Å². The number of benzene rings is 1. The summed E-state index contributed by atoms with van der Waals surface area (Å²) < 4.78 is 10.6. The molecule has 1 N–H and O–H groups in total. The van der Waals surface area contributed by atoms with E-state index in [1.165, 1.54) is 0 Å². The predicted octanol–water partition coefficient (Wildman–Crippen LogP) is 2.11. The lowest BCUT2D eigenvalue weighted by molar-refractivity contribution is 0.0988. The van der Waals surface area contributed by atoms with E-state index in [4.69, 9.17) is 9.47 Å². The standard InChI is InChI=1S/C14H21NO3/c1-6-15-8-12(16)11-7-13(17-4)9(2)10(3)14(11)18-5/h7,15H,6,8H2,1-5H3. The molecule has 0 aliphatic rings. The van der Waals surface area contributed by atoms with Crippen LogP contribution in [0.25, 0.3) is 0 Å². The maximum atomic E-state index is 12.1. The fraction of sp³-hybridized carbons (Fsp3) is 0.500. The molecule has 0 saturated heterocycles. The third kappa shape index (κ3) is 2.82. The van der Waals surface area contributed by atoms with E-state index in [0.717, 1.165) is 17.7 Å². The average Bonchev–Trinajstić information content (AvgIpc) is 2.38. The average molecular weight is 251 g/mol. The topological polar surface area (TPSA) is 47.6 Å². The van der Waals surface area contributed by atoms with Crippen LogP contribution in [-0.2, 0) is 0 Å². The zero-order valence-corrected chi connectivity index (χ0v) is 11.7. The van der Waals surface area contributed by atoms with Gasteiger partial charge in [0.1, 0.15) is 11.5 Å². The van der Waals surface area contributed by atoms with E-state index in [1.54, 1.807) is 20.3 Å². The van der Waals surface area contributed by atoms with Crippen molar-refractivity contribution in [2.24, 2.45) is 0 Å². The number of ketones is 1. The molecule has 0 heterocycles. The van der Waals surface area contributed by atoms with Gasteiger partial charge >= 0.3 is 0 Å². The second-order valence-corrected chi connectivity index (χ2v) is 4.11. The lowest BCUT2D eigenvalue weighted by atomic mass is 10.00. The Morgan fingerprint density at radius 2 is 1.89 bits per heavy atom. The van der Waals surface area contributed by atoms with Gasteiger partial charge in [-0.2, -0.15) is 0 Å². The molecule has 0 spiro atoms. The molecular formula is C14H21NO3. The number of ether oxygens (including phenoxy) is 2. The molecule has 4 heteroatoms. The molecule has 18 heavy (non-hydrogen) atoms. The highest BCUT2D eigenvalue weighted by atomic mass is 16.5. The summed E-state index contributed by atoms with van der Waals surface area (Å²) >= 11 is 0. The van der Waals surface area contributed by atoms with E-state index in [-0.39, 0.29) is 5.78 Å². The van der Waals surface area contributed by atoms with Crippen LogP contribution in [0.3, 0.4) is 0 Å². The fourth-order valence-electron chi connectivity index (χ4n) is 1.88. The van der Waals surface area contributed by atoms with Crippen molar-refractivity contribution < 1.29 is 14.3 Å². The molecule has 0 aliphatic heterocycles. The SMILES string of the molecule is CCNCC(=O)c1cc(OC)c(C)c(C)c1OC. The van der Waals surface area contributed by atoms with Crippen LogP contribution in [0.2, 0.25) is 0 Å². The van der Waals surface area contributed by atoms with E-state index in [2.05, 4.69) is 5.32 Å². The first kappa shape index (κ1) is 14.5. The number of Topliss-reactive ketones (excluding diaryl/α,β-unsaturated/α-hetero) is 1. The van der Waals surface area contributed by atoms with Gasteiger partial charge in [0.2, 0.25) is 0 Å². The number of hydrogen-bond donors (Lipinski definition) is 1. The molecule has 0 fully saturated rings. The minimum atomic E-state index is 0.00935. The second kappa shape index (κ2) is 6.40. The summed E-state index contributed by atoms with van der Waals surface area (Å²) in [5.41, 5.74) is 2.50. The summed E-state index contributed by atoms with van der Waals surface area (Å²) in [4.78, 5) is 12.1. The van der Waals surface area contributed by atoms with Gasteiger partial charge in [0.25, 0.3) is 0 Å². The van der Waals surface area contributed by atoms with Gasteiger partial charge in [-0.25, -0.2) is 0 Å². The van der Waals surface area contributed by atoms with Gasteiger partial charge in [-0.15, -0.1) is 0 Å². The quantitative estimate of drug-likeness (QED) is 0.787. The lowest BCUT2D eigenvalue weighted by Crippen LogP contribution is -2.23. The molecule has 4 nitrogen and oxygen atoms in total. The van der Waals surface area contributed by atoms with E-state index in [9.17, 15) is 4.79 Å². The Balaban J connectivity index is 3.24. The number of carbonyl (C=O) groups is 1. The van der Waals surface area contributed by atoms with Crippen molar-refractivity contribution in [2.75, 3.05) is 27.3 Å². The normalized spacial score (nSPS) is 10.3. The third-order valence-corrected chi connectivity index (χ3v) is 3.05. The highest BCUT2D eigenvalue weighted by Crippen LogP contribution is 2.33. The first-order valence-corrected chi connectivity index (χ1v) is 6.02. The van der Waals surface area contributed by atoms with Crippen LogP contribution in [0.1, 0.15) is 28.4 Å². The molecule has 0 radical (unpaired) electrons. The zero-order valence-electron chi connectivity index (χ0n) is 11.7. The van der Waals surface area contributed by atoms with Crippen molar-refractivity contribution in [3.63, 3.8) is 0 Å². The highest BCUT2D eigenvalue weighted by Gasteiger charge is 2.18. The monoisotopic (exact) mass is 251 g/mol. The Kier molecular flexibility index (Phi) is 5.16. The molecule has 1 aromatic rings. The molecule has 0 unspecified atom stereocenters. The van der Waals surface area contributed by atoms with E-state index >= 15 is 0 Å². The van der Waals surface area contributed by atoms with Gasteiger partial charge in [-0.05, 0) is 37.6 Å². The fourth-order valence-corrected chi connectivity index (χ4v) is 1.88. The first-order chi connectivity index (χ1) is 8.56. The van der Waals surface area contributed by atoms with Gasteiger partial charge in [-0.1, -0.05) is 6.92 Å². The minimum absolute atomic E-state index is 0.00935.